The van der Waals surface area contributed by atoms with Crippen LogP contribution in [0.2, 0.25) is 0 Å². The van der Waals surface area contributed by atoms with Gasteiger partial charge < -0.3 is 20.5 Å². The Labute approximate surface area is 177 Å². The molecule has 0 heterocycles. The van der Waals surface area contributed by atoms with Crippen molar-refractivity contribution in [3.8, 4) is 0 Å². The van der Waals surface area contributed by atoms with Crippen LogP contribution in [0.15, 0.2) is 0 Å². The van der Waals surface area contributed by atoms with E-state index in [0.717, 1.165) is 6.42 Å². The summed E-state index contributed by atoms with van der Waals surface area (Å²) in [5, 5.41) is 16.7. The van der Waals surface area contributed by atoms with Crippen LogP contribution in [-0.2, 0) is 9.53 Å². The maximum atomic E-state index is 12.5. The van der Waals surface area contributed by atoms with Gasteiger partial charge in [0.25, 0.3) is 0 Å². The van der Waals surface area contributed by atoms with Gasteiger partial charge in [-0.15, -0.1) is 0 Å². The first-order valence-corrected chi connectivity index (χ1v) is 11.5. The standard InChI is InChI=1S/C23H44N2O4/c1-7-23(28,8-2)19(20(26)24-6)15-14-18(16-17-12-10-9-11-13-17)25-21(27)29-22(3,4)5/h17-19,28H,7-16H2,1-6H3,(H,24,26)(H,25,27)/t18-,19+/m0/s1. The summed E-state index contributed by atoms with van der Waals surface area (Å²) in [7, 11) is 1.61. The molecule has 170 valence electrons. The third-order valence-corrected chi connectivity index (χ3v) is 6.30. The Morgan fingerprint density at radius 1 is 1.07 bits per heavy atom. The highest BCUT2D eigenvalue weighted by molar-refractivity contribution is 5.79. The second-order valence-electron chi connectivity index (χ2n) is 9.64. The zero-order valence-electron chi connectivity index (χ0n) is 19.5. The predicted octanol–water partition coefficient (Wildman–Crippen LogP) is 4.54. The van der Waals surface area contributed by atoms with Crippen LogP contribution in [0.4, 0.5) is 4.79 Å². The molecule has 0 aromatic heterocycles. The second-order valence-corrected chi connectivity index (χ2v) is 9.64. The molecule has 0 aliphatic heterocycles. The number of rotatable bonds is 10. The maximum absolute atomic E-state index is 12.5. The van der Waals surface area contributed by atoms with Crippen LogP contribution in [-0.4, -0.2) is 41.4 Å². The first-order chi connectivity index (χ1) is 13.5. The lowest BCUT2D eigenvalue weighted by molar-refractivity contribution is -0.135. The highest BCUT2D eigenvalue weighted by atomic mass is 16.6. The second kappa shape index (κ2) is 11.8. The van der Waals surface area contributed by atoms with Crippen molar-refractivity contribution in [2.75, 3.05) is 7.05 Å². The number of alkyl carbamates (subject to hydrolysis) is 1. The van der Waals surface area contributed by atoms with E-state index in [9.17, 15) is 14.7 Å². The molecule has 0 aromatic rings. The minimum Gasteiger partial charge on any atom is -0.444 e. The van der Waals surface area contributed by atoms with E-state index in [1.165, 1.54) is 32.1 Å². The Hall–Kier alpha value is -1.30. The third-order valence-electron chi connectivity index (χ3n) is 6.30. The molecule has 6 nitrogen and oxygen atoms in total. The van der Waals surface area contributed by atoms with E-state index in [1.54, 1.807) is 7.05 Å². The molecule has 0 radical (unpaired) electrons. The van der Waals surface area contributed by atoms with Crippen LogP contribution in [0, 0.1) is 11.8 Å². The molecule has 0 bridgehead atoms. The fourth-order valence-electron chi connectivity index (χ4n) is 4.48. The molecule has 1 fully saturated rings. The van der Waals surface area contributed by atoms with Crippen LogP contribution < -0.4 is 10.6 Å². The molecule has 1 aliphatic carbocycles. The summed E-state index contributed by atoms with van der Waals surface area (Å²) in [5.41, 5.74) is -1.57. The molecular formula is C23H44N2O4. The Bertz CT molecular complexity index is 505. The van der Waals surface area contributed by atoms with Crippen LogP contribution in [0.1, 0.15) is 98.8 Å². The summed E-state index contributed by atoms with van der Waals surface area (Å²) in [6, 6.07) is -0.0573. The van der Waals surface area contributed by atoms with Gasteiger partial charge >= 0.3 is 6.09 Å². The lowest BCUT2D eigenvalue weighted by Crippen LogP contribution is -2.47. The largest absolute Gasteiger partial charge is 0.444 e. The Morgan fingerprint density at radius 2 is 1.66 bits per heavy atom. The van der Waals surface area contributed by atoms with Gasteiger partial charge in [-0.2, -0.15) is 0 Å². The number of hydrogen-bond donors (Lipinski definition) is 3. The van der Waals surface area contributed by atoms with E-state index in [2.05, 4.69) is 10.6 Å². The van der Waals surface area contributed by atoms with Crippen LogP contribution in [0.25, 0.3) is 0 Å². The number of amides is 2. The highest BCUT2D eigenvalue weighted by Gasteiger charge is 2.38. The van der Waals surface area contributed by atoms with Crippen molar-refractivity contribution in [1.29, 1.82) is 0 Å². The van der Waals surface area contributed by atoms with Crippen molar-refractivity contribution in [1.82, 2.24) is 10.6 Å². The molecule has 2 amide bonds. The minimum absolute atomic E-state index is 0.0573. The first-order valence-electron chi connectivity index (χ1n) is 11.5. The Kier molecular flexibility index (Phi) is 10.4. The van der Waals surface area contributed by atoms with Gasteiger partial charge in [-0.1, -0.05) is 46.0 Å². The lowest BCUT2D eigenvalue weighted by Gasteiger charge is -2.35. The highest BCUT2D eigenvalue weighted by Crippen LogP contribution is 2.32. The molecule has 3 N–H and O–H groups in total. The molecule has 0 aromatic carbocycles. The Morgan fingerprint density at radius 3 is 2.14 bits per heavy atom. The van der Waals surface area contributed by atoms with Gasteiger partial charge in [0.05, 0.1) is 11.5 Å². The lowest BCUT2D eigenvalue weighted by atomic mass is 9.77. The molecule has 6 heteroatoms. The smallest absolute Gasteiger partial charge is 0.407 e. The number of nitrogens with one attached hydrogen (secondary N) is 2. The molecule has 2 atom stereocenters. The number of aliphatic hydroxyl groups is 1. The van der Waals surface area contributed by atoms with Gasteiger partial charge in [-0.05, 0) is 58.8 Å². The van der Waals surface area contributed by atoms with E-state index >= 15 is 0 Å². The van der Waals surface area contributed by atoms with E-state index in [-0.39, 0.29) is 11.9 Å². The van der Waals surface area contributed by atoms with Gasteiger partial charge in [-0.25, -0.2) is 4.79 Å². The van der Waals surface area contributed by atoms with Crippen molar-refractivity contribution in [3.05, 3.63) is 0 Å². The average Bonchev–Trinajstić information content (AvgIpc) is 2.66. The summed E-state index contributed by atoms with van der Waals surface area (Å²) in [4.78, 5) is 24.9. The molecule has 1 aliphatic rings. The molecule has 0 spiro atoms. The summed E-state index contributed by atoms with van der Waals surface area (Å²) in [5.74, 6) is -0.0277. The number of hydrogen-bond acceptors (Lipinski definition) is 4. The van der Waals surface area contributed by atoms with Crippen LogP contribution in [0.3, 0.4) is 0 Å². The van der Waals surface area contributed by atoms with E-state index in [4.69, 9.17) is 4.74 Å². The van der Waals surface area contributed by atoms with Gasteiger partial charge in [0, 0.05) is 13.1 Å². The molecular weight excluding hydrogens is 368 g/mol. The summed E-state index contributed by atoms with van der Waals surface area (Å²) >= 11 is 0. The number of carbonyl (C=O) groups excluding carboxylic acids is 2. The van der Waals surface area contributed by atoms with Crippen molar-refractivity contribution < 1.29 is 19.4 Å². The van der Waals surface area contributed by atoms with Crippen molar-refractivity contribution in [2.45, 2.75) is 116 Å². The van der Waals surface area contributed by atoms with E-state index in [0.29, 0.717) is 31.6 Å². The molecule has 29 heavy (non-hydrogen) atoms. The topological polar surface area (TPSA) is 87.7 Å². The third kappa shape index (κ3) is 8.93. The average molecular weight is 413 g/mol. The molecule has 0 unspecified atom stereocenters. The summed E-state index contributed by atoms with van der Waals surface area (Å²) in [6.07, 6.45) is 8.89. The fourth-order valence-corrected chi connectivity index (χ4v) is 4.48. The SMILES string of the molecule is CCC(O)(CC)[C@H](CC[C@@H](CC1CCCCC1)NC(=O)OC(C)(C)C)C(=O)NC. The first kappa shape index (κ1) is 25.7. The normalized spacial score (nSPS) is 18.0. The monoisotopic (exact) mass is 412 g/mol. The Balaban J connectivity index is 2.86. The minimum atomic E-state index is -1.03. The fraction of sp³-hybridized carbons (Fsp3) is 0.913. The van der Waals surface area contributed by atoms with Gasteiger partial charge in [0.15, 0.2) is 0 Å². The number of carbonyl (C=O) groups is 2. The van der Waals surface area contributed by atoms with Crippen molar-refractivity contribution in [2.24, 2.45) is 11.8 Å². The van der Waals surface area contributed by atoms with Gasteiger partial charge in [-0.3, -0.25) is 4.79 Å². The zero-order chi connectivity index (χ0) is 22.1. The zero-order valence-corrected chi connectivity index (χ0v) is 19.5. The summed E-state index contributed by atoms with van der Waals surface area (Å²) in [6.45, 7) is 9.39. The van der Waals surface area contributed by atoms with Crippen molar-refractivity contribution >= 4 is 12.0 Å². The predicted molar refractivity (Wildman–Crippen MR) is 117 cm³/mol. The quantitative estimate of drug-likeness (QED) is 0.491. The van der Waals surface area contributed by atoms with Crippen LogP contribution >= 0.6 is 0 Å². The van der Waals surface area contributed by atoms with Crippen LogP contribution in [0.5, 0.6) is 0 Å². The van der Waals surface area contributed by atoms with Gasteiger partial charge in [0.2, 0.25) is 5.91 Å². The van der Waals surface area contributed by atoms with Gasteiger partial charge in [0.1, 0.15) is 5.60 Å². The molecule has 0 saturated heterocycles. The van der Waals surface area contributed by atoms with E-state index < -0.39 is 23.2 Å². The number of ether oxygens (including phenoxy) is 1. The summed E-state index contributed by atoms with van der Waals surface area (Å²) < 4.78 is 5.46. The maximum Gasteiger partial charge on any atom is 0.407 e. The molecule has 1 rings (SSSR count). The van der Waals surface area contributed by atoms with E-state index in [1.807, 2.05) is 34.6 Å². The van der Waals surface area contributed by atoms with Crippen molar-refractivity contribution in [3.63, 3.8) is 0 Å². The molecule has 1 saturated carbocycles.